The molecule has 1 aromatic rings. The molecule has 0 spiro atoms. The Hall–Kier alpha value is -0.865. The fourth-order valence-corrected chi connectivity index (χ4v) is 1.41. The van der Waals surface area contributed by atoms with E-state index in [4.69, 9.17) is 17.5 Å². The summed E-state index contributed by atoms with van der Waals surface area (Å²) in [4.78, 5) is 3.63. The van der Waals surface area contributed by atoms with E-state index in [1.807, 2.05) is 27.7 Å². The zero-order chi connectivity index (χ0) is 17.1. The van der Waals surface area contributed by atoms with Crippen molar-refractivity contribution in [2.75, 3.05) is 0 Å². The highest BCUT2D eigenvalue weighted by molar-refractivity contribution is 6.62. The Kier molecular flexibility index (Phi) is 1.38. The average molecular weight is 225 g/mol. The van der Waals surface area contributed by atoms with Crippen LogP contribution < -0.4 is 5.46 Å². The lowest BCUT2D eigenvalue weighted by Gasteiger charge is -2.32. The van der Waals surface area contributed by atoms with Gasteiger partial charge in [-0.2, -0.15) is 0 Å². The summed E-state index contributed by atoms with van der Waals surface area (Å²) < 4.78 is 57.5. The zero-order valence-corrected chi connectivity index (χ0v) is 9.84. The first-order valence-corrected chi connectivity index (χ1v) is 5.12. The Morgan fingerprint density at radius 2 is 1.88 bits per heavy atom. The molecule has 0 aliphatic carbocycles. The molecule has 4 heteroatoms. The molecular weight excluding hydrogens is 201 g/mol. The third kappa shape index (κ3) is 1.87. The topological polar surface area (TPSA) is 31.4 Å². The monoisotopic (exact) mass is 225 g/mol. The second-order valence-corrected chi connectivity index (χ2v) is 4.84. The molecule has 0 radical (unpaired) electrons. The van der Waals surface area contributed by atoms with E-state index in [1.54, 1.807) is 0 Å². The van der Waals surface area contributed by atoms with Gasteiger partial charge in [0.25, 0.3) is 0 Å². The van der Waals surface area contributed by atoms with Gasteiger partial charge in [-0.3, -0.25) is 4.98 Å². The van der Waals surface area contributed by atoms with E-state index in [0.29, 0.717) is 0 Å². The molecule has 2 heterocycles. The van der Waals surface area contributed by atoms with Gasteiger partial charge in [-0.1, -0.05) is 6.04 Å². The SMILES string of the molecule is [2H]c1nc([2H])c(C([2H])([2H])[2H])c([2H])c1B1OC(C)(C)C(C)(C)O1. The number of aromatic nitrogens is 1. The largest absolute Gasteiger partial charge is 0.496 e. The quantitative estimate of drug-likeness (QED) is 0.681. The maximum atomic E-state index is 8.11. The molecule has 0 unspecified atom stereocenters. The molecule has 86 valence electrons. The van der Waals surface area contributed by atoms with Crippen LogP contribution in [0.4, 0.5) is 0 Å². The van der Waals surface area contributed by atoms with Crippen LogP contribution in [0.1, 0.15) is 41.5 Å². The van der Waals surface area contributed by atoms with E-state index in [-0.39, 0.29) is 11.6 Å². The van der Waals surface area contributed by atoms with Crippen LogP contribution in [0.15, 0.2) is 18.4 Å². The van der Waals surface area contributed by atoms with Gasteiger partial charge in [0.2, 0.25) is 0 Å². The second kappa shape index (κ2) is 3.57. The Morgan fingerprint density at radius 1 is 1.25 bits per heavy atom. The normalized spacial score (nSPS) is 28.6. The van der Waals surface area contributed by atoms with Crippen LogP contribution in [0.2, 0.25) is 0 Å². The van der Waals surface area contributed by atoms with Gasteiger partial charge >= 0.3 is 7.12 Å². The van der Waals surface area contributed by atoms with E-state index in [9.17, 15) is 0 Å². The number of nitrogens with zero attached hydrogens (tertiary/aromatic N) is 1. The van der Waals surface area contributed by atoms with Crippen molar-refractivity contribution in [2.24, 2.45) is 0 Å². The molecule has 2 rings (SSSR count). The fraction of sp³-hybridized carbons (Fsp3) is 0.583. The number of hydrogen-bond donors (Lipinski definition) is 0. The van der Waals surface area contributed by atoms with Crippen molar-refractivity contribution in [1.82, 2.24) is 4.98 Å². The van der Waals surface area contributed by atoms with E-state index >= 15 is 0 Å². The Bertz CT molecular complexity index is 601. The molecular formula is C12H18BNO2. The summed E-state index contributed by atoms with van der Waals surface area (Å²) in [5, 5.41) is 0. The summed E-state index contributed by atoms with van der Waals surface area (Å²) in [5.74, 6) is 0. The summed E-state index contributed by atoms with van der Waals surface area (Å²) in [7, 11) is -1.06. The summed E-state index contributed by atoms with van der Waals surface area (Å²) in [6.45, 7) is 4.61. The van der Waals surface area contributed by atoms with Gasteiger partial charge in [0, 0.05) is 21.9 Å². The number of rotatable bonds is 1. The van der Waals surface area contributed by atoms with E-state index in [1.165, 1.54) is 0 Å². The third-order valence-electron chi connectivity index (χ3n) is 3.09. The van der Waals surface area contributed by atoms with Gasteiger partial charge in [0.05, 0.1) is 15.3 Å². The molecule has 1 aliphatic heterocycles. The Morgan fingerprint density at radius 3 is 2.44 bits per heavy atom. The molecule has 0 N–H and O–H groups in total. The van der Waals surface area contributed by atoms with Crippen LogP contribution >= 0.6 is 0 Å². The van der Waals surface area contributed by atoms with Crippen LogP contribution in [0.5, 0.6) is 0 Å². The zero-order valence-electron chi connectivity index (χ0n) is 15.8. The summed E-state index contributed by atoms with van der Waals surface area (Å²) in [6, 6.07) is -0.441. The van der Waals surface area contributed by atoms with Gasteiger partial charge < -0.3 is 9.31 Å². The van der Waals surface area contributed by atoms with Crippen molar-refractivity contribution in [3.63, 3.8) is 0 Å². The number of pyridine rings is 1. The fourth-order valence-electron chi connectivity index (χ4n) is 1.41. The number of hydrogen-bond acceptors (Lipinski definition) is 3. The van der Waals surface area contributed by atoms with Gasteiger partial charge in [-0.05, 0) is 40.1 Å². The highest BCUT2D eigenvalue weighted by Gasteiger charge is 2.51. The maximum Gasteiger partial charge on any atom is 0.496 e. The van der Waals surface area contributed by atoms with Crippen LogP contribution in [0.25, 0.3) is 0 Å². The summed E-state index contributed by atoms with van der Waals surface area (Å²) >= 11 is 0. The molecule has 0 aromatic carbocycles. The Balaban J connectivity index is 2.59. The maximum absolute atomic E-state index is 8.11. The minimum Gasteiger partial charge on any atom is -0.399 e. The lowest BCUT2D eigenvalue weighted by atomic mass is 9.80. The van der Waals surface area contributed by atoms with E-state index in [2.05, 4.69) is 4.98 Å². The van der Waals surface area contributed by atoms with Crippen molar-refractivity contribution in [1.29, 1.82) is 0 Å². The van der Waals surface area contributed by atoms with Gasteiger partial charge in [-0.15, -0.1) is 0 Å². The molecule has 0 saturated carbocycles. The lowest BCUT2D eigenvalue weighted by molar-refractivity contribution is 0.00578. The second-order valence-electron chi connectivity index (χ2n) is 4.84. The van der Waals surface area contributed by atoms with Crippen molar-refractivity contribution in [3.05, 3.63) is 24.0 Å². The van der Waals surface area contributed by atoms with E-state index in [0.717, 1.165) is 0 Å². The van der Waals surface area contributed by atoms with Crippen molar-refractivity contribution in [2.45, 2.75) is 45.7 Å². The smallest absolute Gasteiger partial charge is 0.399 e. The molecule has 1 aromatic heterocycles. The van der Waals surface area contributed by atoms with Crippen molar-refractivity contribution < 1.29 is 17.5 Å². The molecule has 1 aliphatic rings. The Labute approximate surface area is 106 Å². The summed E-state index contributed by atoms with van der Waals surface area (Å²) in [5.41, 5.74) is -1.92. The molecule has 0 bridgehead atoms. The molecule has 1 saturated heterocycles. The molecule has 1 fully saturated rings. The van der Waals surface area contributed by atoms with Gasteiger partial charge in [0.15, 0.2) is 0 Å². The first kappa shape index (κ1) is 6.17. The van der Waals surface area contributed by atoms with Crippen LogP contribution in [0, 0.1) is 6.85 Å². The summed E-state index contributed by atoms with van der Waals surface area (Å²) in [6.07, 6.45) is -0.961. The van der Waals surface area contributed by atoms with Crippen LogP contribution in [-0.2, 0) is 9.31 Å². The minimum absolute atomic E-state index is 0.0548. The minimum atomic E-state index is -2.66. The van der Waals surface area contributed by atoms with Crippen molar-refractivity contribution in [3.8, 4) is 0 Å². The lowest BCUT2D eigenvalue weighted by Crippen LogP contribution is -2.41. The standard InChI is InChI=1S/C12H18BNO2/c1-9-6-10(8-14-7-9)13-15-11(2,3)12(4,5)16-13/h6-8H,1-5H3/i1D3,6D,7D,8D. The van der Waals surface area contributed by atoms with Gasteiger partial charge in [-0.25, -0.2) is 0 Å². The van der Waals surface area contributed by atoms with E-state index < -0.39 is 43.0 Å². The first-order valence-electron chi connectivity index (χ1n) is 8.12. The third-order valence-corrected chi connectivity index (χ3v) is 3.09. The van der Waals surface area contributed by atoms with Crippen LogP contribution in [-0.4, -0.2) is 23.3 Å². The predicted octanol–water partition coefficient (Wildman–Crippen LogP) is 1.69. The highest BCUT2D eigenvalue weighted by atomic mass is 16.7. The first-order chi connectivity index (χ1) is 9.78. The highest BCUT2D eigenvalue weighted by Crippen LogP contribution is 2.36. The molecule has 3 nitrogen and oxygen atoms in total. The molecule has 0 amide bonds. The van der Waals surface area contributed by atoms with Crippen LogP contribution in [0.3, 0.4) is 0 Å². The average Bonchev–Trinajstić information content (AvgIpc) is 2.43. The van der Waals surface area contributed by atoms with Gasteiger partial charge in [0.1, 0.15) is 0 Å². The predicted molar refractivity (Wildman–Crippen MR) is 64.7 cm³/mol. The van der Waals surface area contributed by atoms with Crippen molar-refractivity contribution >= 4 is 12.6 Å². The molecule has 0 atom stereocenters. The molecule has 16 heavy (non-hydrogen) atoms.